The van der Waals surface area contributed by atoms with Crippen LogP contribution in [0.2, 0.25) is 10.0 Å². The first kappa shape index (κ1) is 16.4. The van der Waals surface area contributed by atoms with Crippen molar-refractivity contribution in [1.82, 2.24) is 4.90 Å². The van der Waals surface area contributed by atoms with Crippen LogP contribution in [-0.4, -0.2) is 23.9 Å². The van der Waals surface area contributed by atoms with Crippen LogP contribution in [0.15, 0.2) is 12.1 Å². The van der Waals surface area contributed by atoms with E-state index >= 15 is 0 Å². The number of nitrogen functional groups attached to an aromatic ring is 1. The average Bonchev–Trinajstić information content (AvgIpc) is 2.68. The van der Waals surface area contributed by atoms with Crippen molar-refractivity contribution in [1.29, 1.82) is 0 Å². The second-order valence-corrected chi connectivity index (χ2v) is 6.88. The standard InChI is InChI=1S/C16H22Cl2N2O/c1-10(2)11-4-3-6-20(7-5-11)16(21)13-8-12(19)9-14(17)15(13)18/h8-11H,3-7,19H2,1-2H3. The van der Waals surface area contributed by atoms with Gasteiger partial charge in [0, 0.05) is 18.8 Å². The molecule has 116 valence electrons. The Labute approximate surface area is 136 Å². The zero-order chi connectivity index (χ0) is 15.6. The number of nitrogens with zero attached hydrogens (tertiary/aromatic N) is 1. The van der Waals surface area contributed by atoms with E-state index in [1.165, 1.54) is 6.42 Å². The van der Waals surface area contributed by atoms with E-state index in [1.54, 1.807) is 12.1 Å². The molecule has 5 heteroatoms. The van der Waals surface area contributed by atoms with E-state index in [0.29, 0.717) is 33.1 Å². The number of amides is 1. The molecule has 1 atom stereocenters. The van der Waals surface area contributed by atoms with E-state index in [0.717, 1.165) is 25.9 Å². The Morgan fingerprint density at radius 2 is 2.00 bits per heavy atom. The molecule has 1 aliphatic heterocycles. The Morgan fingerprint density at radius 1 is 1.29 bits per heavy atom. The van der Waals surface area contributed by atoms with Crippen molar-refractivity contribution >= 4 is 34.8 Å². The molecule has 2 N–H and O–H groups in total. The Hall–Kier alpha value is -0.930. The summed E-state index contributed by atoms with van der Waals surface area (Å²) in [5, 5.41) is 0.621. The quantitative estimate of drug-likeness (QED) is 0.814. The van der Waals surface area contributed by atoms with Crippen LogP contribution < -0.4 is 5.73 Å². The van der Waals surface area contributed by atoms with Crippen LogP contribution >= 0.6 is 23.2 Å². The molecule has 0 radical (unpaired) electrons. The first-order valence-corrected chi connectivity index (χ1v) is 8.19. The summed E-state index contributed by atoms with van der Waals surface area (Å²) in [6, 6.07) is 3.18. The van der Waals surface area contributed by atoms with Crippen molar-refractivity contribution in [3.63, 3.8) is 0 Å². The average molecular weight is 329 g/mol. The largest absolute Gasteiger partial charge is 0.399 e. The molecule has 1 aromatic rings. The fraction of sp³-hybridized carbons (Fsp3) is 0.562. The predicted octanol–water partition coefficient (Wildman–Crippen LogP) is 4.47. The van der Waals surface area contributed by atoms with Gasteiger partial charge in [0.1, 0.15) is 0 Å². The van der Waals surface area contributed by atoms with Crippen molar-refractivity contribution in [2.45, 2.75) is 33.1 Å². The number of rotatable bonds is 2. The molecule has 1 amide bonds. The van der Waals surface area contributed by atoms with Crippen molar-refractivity contribution in [3.8, 4) is 0 Å². The van der Waals surface area contributed by atoms with Crippen molar-refractivity contribution < 1.29 is 4.79 Å². The molecular weight excluding hydrogens is 307 g/mol. The zero-order valence-electron chi connectivity index (χ0n) is 12.5. The van der Waals surface area contributed by atoms with Crippen LogP contribution in [0.1, 0.15) is 43.5 Å². The van der Waals surface area contributed by atoms with E-state index < -0.39 is 0 Å². The highest BCUT2D eigenvalue weighted by Crippen LogP contribution is 2.31. The minimum atomic E-state index is -0.0707. The smallest absolute Gasteiger partial charge is 0.255 e. The topological polar surface area (TPSA) is 46.3 Å². The number of carbonyl (C=O) groups excluding carboxylic acids is 1. The highest BCUT2D eigenvalue weighted by molar-refractivity contribution is 6.44. The van der Waals surface area contributed by atoms with Gasteiger partial charge in [-0.3, -0.25) is 4.79 Å². The minimum Gasteiger partial charge on any atom is -0.399 e. The number of hydrogen-bond acceptors (Lipinski definition) is 2. The number of carbonyl (C=O) groups is 1. The van der Waals surface area contributed by atoms with Crippen LogP contribution in [0.5, 0.6) is 0 Å². The molecular formula is C16H22Cl2N2O. The molecule has 1 unspecified atom stereocenters. The van der Waals surface area contributed by atoms with E-state index in [9.17, 15) is 4.79 Å². The summed E-state index contributed by atoms with van der Waals surface area (Å²) in [4.78, 5) is 14.6. The Bertz CT molecular complexity index is 531. The van der Waals surface area contributed by atoms with E-state index in [1.807, 2.05) is 4.90 Å². The Balaban J connectivity index is 2.17. The molecule has 1 saturated heterocycles. The van der Waals surface area contributed by atoms with Gasteiger partial charge in [-0.2, -0.15) is 0 Å². The summed E-state index contributed by atoms with van der Waals surface area (Å²) in [7, 11) is 0. The third-order valence-corrected chi connectivity index (χ3v) is 5.09. The molecule has 0 aromatic heterocycles. The van der Waals surface area contributed by atoms with Crippen molar-refractivity contribution in [2.75, 3.05) is 18.8 Å². The van der Waals surface area contributed by atoms with Gasteiger partial charge >= 0.3 is 0 Å². The maximum Gasteiger partial charge on any atom is 0.255 e. The molecule has 0 spiro atoms. The monoisotopic (exact) mass is 328 g/mol. The lowest BCUT2D eigenvalue weighted by Gasteiger charge is -2.22. The number of nitrogens with two attached hydrogens (primary N) is 1. The number of likely N-dealkylation sites (tertiary alicyclic amines) is 1. The first-order chi connectivity index (χ1) is 9.90. The summed E-state index contributed by atoms with van der Waals surface area (Å²) in [5.74, 6) is 1.27. The Kier molecular flexibility index (Phi) is 5.39. The second-order valence-electron chi connectivity index (χ2n) is 6.09. The molecule has 1 aliphatic rings. The van der Waals surface area contributed by atoms with Crippen LogP contribution in [-0.2, 0) is 0 Å². The Morgan fingerprint density at radius 3 is 2.67 bits per heavy atom. The van der Waals surface area contributed by atoms with Gasteiger partial charge in [-0.05, 0) is 43.2 Å². The lowest BCUT2D eigenvalue weighted by molar-refractivity contribution is 0.0759. The fourth-order valence-electron chi connectivity index (χ4n) is 2.93. The third-order valence-electron chi connectivity index (χ3n) is 4.28. The predicted molar refractivity (Wildman–Crippen MR) is 89.0 cm³/mol. The van der Waals surface area contributed by atoms with E-state index in [-0.39, 0.29) is 5.91 Å². The van der Waals surface area contributed by atoms with E-state index in [2.05, 4.69) is 13.8 Å². The van der Waals surface area contributed by atoms with Crippen molar-refractivity contribution in [3.05, 3.63) is 27.7 Å². The summed E-state index contributed by atoms with van der Waals surface area (Å²) in [6.45, 7) is 6.03. The first-order valence-electron chi connectivity index (χ1n) is 7.44. The molecule has 1 fully saturated rings. The molecule has 3 nitrogen and oxygen atoms in total. The number of halogens is 2. The lowest BCUT2D eigenvalue weighted by atomic mass is 9.89. The van der Waals surface area contributed by atoms with E-state index in [4.69, 9.17) is 28.9 Å². The zero-order valence-corrected chi connectivity index (χ0v) is 14.0. The SMILES string of the molecule is CC(C)C1CCCN(C(=O)c2cc(N)cc(Cl)c2Cl)CC1. The summed E-state index contributed by atoms with van der Waals surface area (Å²) >= 11 is 12.2. The molecule has 0 bridgehead atoms. The van der Waals surface area contributed by atoms with Gasteiger partial charge in [0.05, 0.1) is 15.6 Å². The third kappa shape index (κ3) is 3.83. The van der Waals surface area contributed by atoms with Gasteiger partial charge in [-0.15, -0.1) is 0 Å². The van der Waals surface area contributed by atoms with Gasteiger partial charge < -0.3 is 10.6 Å². The summed E-state index contributed by atoms with van der Waals surface area (Å²) < 4.78 is 0. The molecule has 0 saturated carbocycles. The van der Waals surface area contributed by atoms with Gasteiger partial charge in [-0.1, -0.05) is 37.0 Å². The summed E-state index contributed by atoms with van der Waals surface area (Å²) in [5.41, 5.74) is 6.64. The summed E-state index contributed by atoms with van der Waals surface area (Å²) in [6.07, 6.45) is 3.24. The van der Waals surface area contributed by atoms with Crippen LogP contribution in [0.4, 0.5) is 5.69 Å². The number of anilines is 1. The van der Waals surface area contributed by atoms with Crippen molar-refractivity contribution in [2.24, 2.45) is 11.8 Å². The van der Waals surface area contributed by atoms with Gasteiger partial charge in [0.25, 0.3) is 5.91 Å². The minimum absolute atomic E-state index is 0.0707. The van der Waals surface area contributed by atoms with Crippen LogP contribution in [0.25, 0.3) is 0 Å². The maximum atomic E-state index is 12.7. The number of benzene rings is 1. The lowest BCUT2D eigenvalue weighted by Crippen LogP contribution is -2.32. The molecule has 1 heterocycles. The van der Waals surface area contributed by atoms with Crippen LogP contribution in [0.3, 0.4) is 0 Å². The van der Waals surface area contributed by atoms with Crippen LogP contribution in [0, 0.1) is 11.8 Å². The molecule has 1 aromatic carbocycles. The molecule has 2 rings (SSSR count). The molecule has 21 heavy (non-hydrogen) atoms. The van der Waals surface area contributed by atoms with Gasteiger partial charge in [0.2, 0.25) is 0 Å². The molecule has 0 aliphatic carbocycles. The highest BCUT2D eigenvalue weighted by Gasteiger charge is 2.25. The highest BCUT2D eigenvalue weighted by atomic mass is 35.5. The normalized spacial score (nSPS) is 19.7. The van der Waals surface area contributed by atoms with Gasteiger partial charge in [-0.25, -0.2) is 0 Å². The fourth-order valence-corrected chi connectivity index (χ4v) is 3.35. The second kappa shape index (κ2) is 6.89. The number of hydrogen-bond donors (Lipinski definition) is 1. The maximum absolute atomic E-state index is 12.7. The van der Waals surface area contributed by atoms with Gasteiger partial charge in [0.15, 0.2) is 0 Å².